The fraction of sp³-hybridized carbons (Fsp3) is 0.143. The van der Waals surface area contributed by atoms with E-state index in [9.17, 15) is 9.18 Å². The molecule has 0 fully saturated rings. The lowest BCUT2D eigenvalue weighted by molar-refractivity contribution is -0.110. The predicted molar refractivity (Wildman–Crippen MR) is 69.8 cm³/mol. The molecule has 2 aromatic rings. The number of carbonyl (C=O) groups is 1. The molecular weight excluding hydrogens is 261 g/mol. The van der Waals surface area contributed by atoms with Crippen LogP contribution in [0.2, 0.25) is 0 Å². The molecule has 5 nitrogen and oxygen atoms in total. The topological polar surface area (TPSA) is 68.3 Å². The molecule has 1 aliphatic heterocycles. The van der Waals surface area contributed by atoms with E-state index in [0.29, 0.717) is 17.0 Å². The molecule has 1 atom stereocenters. The third-order valence-electron chi connectivity index (χ3n) is 3.19. The van der Waals surface area contributed by atoms with E-state index in [0.717, 1.165) is 6.29 Å². The molecule has 0 aliphatic carbocycles. The van der Waals surface area contributed by atoms with Crippen LogP contribution in [0.1, 0.15) is 11.4 Å². The highest BCUT2D eigenvalue weighted by atomic mass is 19.1. The van der Waals surface area contributed by atoms with Crippen molar-refractivity contribution < 1.29 is 13.7 Å². The molecule has 0 spiro atoms. The molecule has 1 aromatic heterocycles. The molecule has 100 valence electrons. The van der Waals surface area contributed by atoms with Crippen LogP contribution in [-0.4, -0.2) is 29.2 Å². The normalized spacial score (nSPS) is 21.6. The Morgan fingerprint density at radius 1 is 1.40 bits per heavy atom. The predicted octanol–water partition coefficient (Wildman–Crippen LogP) is 1.81. The highest BCUT2D eigenvalue weighted by Gasteiger charge is 2.33. The second kappa shape index (κ2) is 4.80. The minimum absolute atomic E-state index is 0.224. The van der Waals surface area contributed by atoms with E-state index >= 15 is 0 Å². The molecule has 1 aliphatic rings. The zero-order chi connectivity index (χ0) is 14.0. The van der Waals surface area contributed by atoms with Crippen LogP contribution in [-0.2, 0) is 10.2 Å². The monoisotopic (exact) mass is 271 g/mol. The maximum Gasteiger partial charge on any atom is 0.214 e. The van der Waals surface area contributed by atoms with E-state index in [1.165, 1.54) is 18.5 Å². The van der Waals surface area contributed by atoms with Gasteiger partial charge in [0.05, 0.1) is 12.0 Å². The average Bonchev–Trinajstić information content (AvgIpc) is 3.01. The lowest BCUT2D eigenvalue weighted by atomic mass is 9.79. The van der Waals surface area contributed by atoms with Gasteiger partial charge in [0.15, 0.2) is 0 Å². The molecule has 1 aromatic carbocycles. The summed E-state index contributed by atoms with van der Waals surface area (Å²) in [5.41, 5.74) is 0.110. The fourth-order valence-corrected chi connectivity index (χ4v) is 2.17. The molecule has 0 amide bonds. The SMILES string of the molecule is O=CC1(c2cccc(F)c2)C=C(c2ncon2)C=NC1. The van der Waals surface area contributed by atoms with Crippen LogP contribution >= 0.6 is 0 Å². The summed E-state index contributed by atoms with van der Waals surface area (Å²) in [7, 11) is 0. The van der Waals surface area contributed by atoms with Crippen molar-refractivity contribution in [2.24, 2.45) is 4.99 Å². The lowest BCUT2D eigenvalue weighted by Gasteiger charge is -2.26. The van der Waals surface area contributed by atoms with Crippen molar-refractivity contribution in [1.82, 2.24) is 10.1 Å². The molecule has 0 saturated heterocycles. The fourth-order valence-electron chi connectivity index (χ4n) is 2.17. The molecule has 0 saturated carbocycles. The molecule has 0 N–H and O–H groups in total. The van der Waals surface area contributed by atoms with Crippen LogP contribution in [0.15, 0.2) is 46.3 Å². The van der Waals surface area contributed by atoms with Gasteiger partial charge in [-0.1, -0.05) is 23.4 Å². The standard InChI is InChI=1S/C14H10FN3O2/c15-12-3-1-2-11(4-12)14(8-19)5-10(6-16-7-14)13-17-9-20-18-13/h1-6,8-9H,7H2. The van der Waals surface area contributed by atoms with Crippen molar-refractivity contribution in [3.05, 3.63) is 53.9 Å². The van der Waals surface area contributed by atoms with Crippen LogP contribution in [0.25, 0.3) is 5.57 Å². The minimum Gasteiger partial charge on any atom is -0.342 e. The average molecular weight is 271 g/mol. The summed E-state index contributed by atoms with van der Waals surface area (Å²) in [6.07, 6.45) is 5.22. The summed E-state index contributed by atoms with van der Waals surface area (Å²) >= 11 is 0. The first-order valence-corrected chi connectivity index (χ1v) is 5.95. The van der Waals surface area contributed by atoms with Gasteiger partial charge in [-0.2, -0.15) is 4.98 Å². The Morgan fingerprint density at radius 3 is 3.00 bits per heavy atom. The Balaban J connectivity index is 2.10. The molecule has 6 heteroatoms. The summed E-state index contributed by atoms with van der Waals surface area (Å²) in [5.74, 6) is -0.0520. The number of halogens is 1. The van der Waals surface area contributed by atoms with Gasteiger partial charge >= 0.3 is 0 Å². The minimum atomic E-state index is -1.01. The van der Waals surface area contributed by atoms with Crippen LogP contribution in [0.4, 0.5) is 4.39 Å². The van der Waals surface area contributed by atoms with E-state index in [4.69, 9.17) is 0 Å². The summed E-state index contributed by atoms with van der Waals surface area (Å²) in [4.78, 5) is 19.7. The van der Waals surface area contributed by atoms with Crippen molar-refractivity contribution in [2.75, 3.05) is 6.54 Å². The van der Waals surface area contributed by atoms with E-state index in [2.05, 4.69) is 19.7 Å². The van der Waals surface area contributed by atoms with Gasteiger partial charge in [0.25, 0.3) is 0 Å². The van der Waals surface area contributed by atoms with Gasteiger partial charge in [-0.3, -0.25) is 4.99 Å². The molecular formula is C14H10FN3O2. The maximum atomic E-state index is 13.4. The van der Waals surface area contributed by atoms with Gasteiger partial charge in [-0.25, -0.2) is 4.39 Å². The molecule has 20 heavy (non-hydrogen) atoms. The number of nitrogens with zero attached hydrogens (tertiary/aromatic N) is 3. The second-order valence-electron chi connectivity index (χ2n) is 4.49. The number of carbonyl (C=O) groups excluding carboxylic acids is 1. The van der Waals surface area contributed by atoms with Gasteiger partial charge in [0.2, 0.25) is 12.2 Å². The van der Waals surface area contributed by atoms with Crippen LogP contribution in [0, 0.1) is 5.82 Å². The van der Waals surface area contributed by atoms with E-state index in [-0.39, 0.29) is 6.54 Å². The first-order valence-electron chi connectivity index (χ1n) is 5.95. The van der Waals surface area contributed by atoms with Gasteiger partial charge in [-0.15, -0.1) is 0 Å². The molecule has 0 bridgehead atoms. The van der Waals surface area contributed by atoms with Gasteiger partial charge in [0.1, 0.15) is 12.1 Å². The number of dihydropyridines is 1. The number of aldehydes is 1. The number of rotatable bonds is 3. The smallest absolute Gasteiger partial charge is 0.214 e. The molecule has 1 unspecified atom stereocenters. The summed E-state index contributed by atoms with van der Waals surface area (Å²) in [5, 5.41) is 3.72. The maximum absolute atomic E-state index is 13.4. The molecule has 0 radical (unpaired) electrons. The van der Waals surface area contributed by atoms with Crippen molar-refractivity contribution in [1.29, 1.82) is 0 Å². The first-order chi connectivity index (χ1) is 9.73. The van der Waals surface area contributed by atoms with Crippen molar-refractivity contribution in [2.45, 2.75) is 5.41 Å². The van der Waals surface area contributed by atoms with Gasteiger partial charge < -0.3 is 9.32 Å². The zero-order valence-electron chi connectivity index (χ0n) is 10.4. The number of aromatic nitrogens is 2. The van der Waals surface area contributed by atoms with E-state index < -0.39 is 11.2 Å². The summed E-state index contributed by atoms with van der Waals surface area (Å²) in [6.45, 7) is 0.224. The third kappa shape index (κ3) is 2.05. The Labute approximate surface area is 113 Å². The largest absolute Gasteiger partial charge is 0.342 e. The molecule has 2 heterocycles. The molecule has 3 rings (SSSR count). The van der Waals surface area contributed by atoms with Crippen molar-refractivity contribution in [3.63, 3.8) is 0 Å². The number of hydrogen-bond donors (Lipinski definition) is 0. The van der Waals surface area contributed by atoms with Crippen molar-refractivity contribution >= 4 is 18.1 Å². The summed E-state index contributed by atoms with van der Waals surface area (Å²) in [6, 6.07) is 5.93. The van der Waals surface area contributed by atoms with Crippen LogP contribution < -0.4 is 0 Å². The van der Waals surface area contributed by atoms with Gasteiger partial charge in [-0.05, 0) is 17.7 Å². The second-order valence-corrected chi connectivity index (χ2v) is 4.49. The van der Waals surface area contributed by atoms with E-state index in [1.54, 1.807) is 24.4 Å². The number of benzene rings is 1. The number of hydrogen-bond acceptors (Lipinski definition) is 5. The highest BCUT2D eigenvalue weighted by molar-refractivity contribution is 6.10. The first kappa shape index (κ1) is 12.4. The zero-order valence-corrected chi connectivity index (χ0v) is 10.4. The van der Waals surface area contributed by atoms with Crippen LogP contribution in [0.5, 0.6) is 0 Å². The summed E-state index contributed by atoms with van der Waals surface area (Å²) < 4.78 is 18.1. The highest BCUT2D eigenvalue weighted by Crippen LogP contribution is 2.30. The number of aliphatic imine (C=N–C) groups is 1. The van der Waals surface area contributed by atoms with E-state index in [1.807, 2.05) is 0 Å². The Bertz CT molecular complexity index is 694. The number of allylic oxidation sites excluding steroid dienone is 1. The quantitative estimate of drug-likeness (QED) is 0.798. The Hall–Kier alpha value is -2.63. The Kier molecular flexibility index (Phi) is 2.98. The van der Waals surface area contributed by atoms with Crippen molar-refractivity contribution in [3.8, 4) is 0 Å². The third-order valence-corrected chi connectivity index (χ3v) is 3.19. The van der Waals surface area contributed by atoms with Crippen LogP contribution in [0.3, 0.4) is 0 Å². The Morgan fingerprint density at radius 2 is 2.30 bits per heavy atom. The lowest BCUT2D eigenvalue weighted by Crippen LogP contribution is -2.32. The van der Waals surface area contributed by atoms with Gasteiger partial charge in [0, 0.05) is 11.8 Å².